The number of ether oxygens (including phenoxy) is 3. The van der Waals surface area contributed by atoms with Crippen molar-refractivity contribution in [2.45, 2.75) is 59.3 Å². The molecule has 2 aliphatic rings. The summed E-state index contributed by atoms with van der Waals surface area (Å²) in [5.41, 5.74) is 6.91. The van der Waals surface area contributed by atoms with E-state index in [4.69, 9.17) is 19.3 Å². The summed E-state index contributed by atoms with van der Waals surface area (Å²) < 4.78 is 27.7. The predicted molar refractivity (Wildman–Crippen MR) is 233 cm³/mol. The topological polar surface area (TPSA) is 97.5 Å². The molecular formula is C46H54N6O5S. The Bertz CT molecular complexity index is 2340. The minimum absolute atomic E-state index is 0.255. The number of hydrogen-bond acceptors (Lipinski definition) is 9. The maximum atomic E-state index is 13.2. The molecule has 0 aliphatic carbocycles. The van der Waals surface area contributed by atoms with Gasteiger partial charge in [-0.1, -0.05) is 68.4 Å². The van der Waals surface area contributed by atoms with Crippen molar-refractivity contribution >= 4 is 45.5 Å². The van der Waals surface area contributed by atoms with Gasteiger partial charge in [-0.15, -0.1) is 0 Å². The molecule has 11 nitrogen and oxygen atoms in total. The molecule has 8 rings (SSSR count). The highest BCUT2D eigenvalue weighted by atomic mass is 32.2. The van der Waals surface area contributed by atoms with Crippen molar-refractivity contribution in [3.63, 3.8) is 0 Å². The number of nitrogens with zero attached hydrogens (tertiary/aromatic N) is 6. The molecule has 0 amide bonds. The number of rotatable bonds is 14. The molecule has 0 radical (unpaired) electrons. The van der Waals surface area contributed by atoms with Gasteiger partial charge in [-0.2, -0.15) is 5.10 Å². The third-order valence-corrected chi connectivity index (χ3v) is 12.7. The molecule has 4 heterocycles. The van der Waals surface area contributed by atoms with E-state index in [2.05, 4.69) is 69.8 Å². The van der Waals surface area contributed by atoms with Gasteiger partial charge in [0.2, 0.25) is 0 Å². The number of carboxylic acids is 1. The molecule has 1 saturated heterocycles. The molecular weight excluding hydrogens is 749 g/mol. The Kier molecular flexibility index (Phi) is 12.5. The summed E-state index contributed by atoms with van der Waals surface area (Å²) >= 11 is 1.86. The standard InChI is InChI=1S/C46H54N6O5S/c1-4-50(5-2)58-51-27-25-49(26-28-51)34-20-22-35(23-21-34)57-31-40-43-39-17-11-16-37-38(18-12-30-56-42-19-10-14-33-13-6-7-15-36(33)42)45(46(53)54)52(44(37)39)24-8-9-29-55-32-41(43)48(3)47-40/h6-7,10-11,13-17,19-23H,4-5,8-9,12,18,24-32H2,1-3H3,(H,53,54). The van der Waals surface area contributed by atoms with Crippen molar-refractivity contribution in [2.24, 2.45) is 7.05 Å². The first-order valence-corrected chi connectivity index (χ1v) is 21.4. The number of fused-ring (bicyclic) bond motifs is 3. The van der Waals surface area contributed by atoms with E-state index < -0.39 is 5.97 Å². The van der Waals surface area contributed by atoms with E-state index >= 15 is 0 Å². The summed E-state index contributed by atoms with van der Waals surface area (Å²) in [7, 11) is 1.95. The molecule has 6 aromatic rings. The maximum absolute atomic E-state index is 13.2. The Labute approximate surface area is 345 Å². The number of carbonyl (C=O) groups is 1. The maximum Gasteiger partial charge on any atom is 0.352 e. The molecule has 1 N–H and O–H groups in total. The minimum Gasteiger partial charge on any atom is -0.493 e. The van der Waals surface area contributed by atoms with Crippen LogP contribution in [0.1, 0.15) is 60.5 Å². The Morgan fingerprint density at radius 2 is 1.64 bits per heavy atom. The second kappa shape index (κ2) is 18.3. The summed E-state index contributed by atoms with van der Waals surface area (Å²) in [6.07, 6.45) is 2.86. The molecule has 0 atom stereocenters. The van der Waals surface area contributed by atoms with Gasteiger partial charge in [0.1, 0.15) is 29.5 Å². The highest BCUT2D eigenvalue weighted by Gasteiger charge is 2.28. The Hall–Kier alpha value is -5.01. The van der Waals surface area contributed by atoms with Crippen molar-refractivity contribution in [3.05, 3.63) is 108 Å². The van der Waals surface area contributed by atoms with Crippen LogP contribution < -0.4 is 14.4 Å². The Balaban J connectivity index is 1.04. The molecule has 0 spiro atoms. The predicted octanol–water partition coefficient (Wildman–Crippen LogP) is 8.82. The second-order valence-corrected chi connectivity index (χ2v) is 16.2. The summed E-state index contributed by atoms with van der Waals surface area (Å²) in [6.45, 7) is 12.8. The minimum atomic E-state index is -0.919. The highest BCUT2D eigenvalue weighted by molar-refractivity contribution is 7.94. The van der Waals surface area contributed by atoms with Crippen molar-refractivity contribution in [1.82, 2.24) is 23.0 Å². The molecule has 12 heteroatoms. The fourth-order valence-corrected chi connectivity index (χ4v) is 9.32. The van der Waals surface area contributed by atoms with Crippen molar-refractivity contribution in [3.8, 4) is 22.6 Å². The first kappa shape index (κ1) is 39.8. The summed E-state index contributed by atoms with van der Waals surface area (Å²) in [5, 5.41) is 18.9. The van der Waals surface area contributed by atoms with Crippen LogP contribution >= 0.6 is 12.1 Å². The number of para-hydroxylation sites is 1. The lowest BCUT2D eigenvalue weighted by Crippen LogP contribution is -2.44. The van der Waals surface area contributed by atoms with Crippen LogP contribution in [0.3, 0.4) is 0 Å². The van der Waals surface area contributed by atoms with Crippen LogP contribution in [0, 0.1) is 0 Å². The lowest BCUT2D eigenvalue weighted by Gasteiger charge is -2.37. The zero-order valence-electron chi connectivity index (χ0n) is 33.9. The van der Waals surface area contributed by atoms with Crippen LogP contribution in [0.15, 0.2) is 84.9 Å². The van der Waals surface area contributed by atoms with Crippen LogP contribution in [0.4, 0.5) is 5.69 Å². The first-order valence-electron chi connectivity index (χ1n) is 20.7. The number of aromatic nitrogens is 3. The van der Waals surface area contributed by atoms with Gasteiger partial charge < -0.3 is 28.8 Å². The normalized spacial score (nSPS) is 15.1. The SMILES string of the molecule is CCN(CC)SN1CCN(c2ccc(OCc3nn(C)c4c3-c3cccc5c(CCCOc6cccc7ccccc67)c(C(=O)O)n(c35)CCCCOC4)cc2)CC1. The van der Waals surface area contributed by atoms with Gasteiger partial charge in [0, 0.05) is 99.2 Å². The van der Waals surface area contributed by atoms with Crippen molar-refractivity contribution < 1.29 is 24.1 Å². The van der Waals surface area contributed by atoms with Gasteiger partial charge in [0.15, 0.2) is 0 Å². The number of piperazine rings is 1. The van der Waals surface area contributed by atoms with Crippen molar-refractivity contribution in [1.29, 1.82) is 0 Å². The van der Waals surface area contributed by atoms with E-state index in [0.717, 1.165) is 113 Å². The average Bonchev–Trinajstić information content (AvgIpc) is 3.74. The van der Waals surface area contributed by atoms with E-state index in [9.17, 15) is 9.90 Å². The lowest BCUT2D eigenvalue weighted by atomic mass is 9.98. The lowest BCUT2D eigenvalue weighted by molar-refractivity contribution is 0.0683. The van der Waals surface area contributed by atoms with Gasteiger partial charge in [-0.3, -0.25) is 4.68 Å². The van der Waals surface area contributed by atoms with Crippen LogP contribution in [-0.2, 0) is 38.0 Å². The largest absolute Gasteiger partial charge is 0.493 e. The fraction of sp³-hybridized carbons (Fsp3) is 0.391. The smallest absolute Gasteiger partial charge is 0.352 e. The van der Waals surface area contributed by atoms with Crippen LogP contribution in [0.5, 0.6) is 11.5 Å². The molecule has 0 bridgehead atoms. The molecule has 304 valence electrons. The van der Waals surface area contributed by atoms with Gasteiger partial charge in [0.25, 0.3) is 0 Å². The zero-order chi connectivity index (χ0) is 40.0. The molecule has 0 unspecified atom stereocenters. The first-order chi connectivity index (χ1) is 28.4. The quantitative estimate of drug-likeness (QED) is 0.0851. The number of carboxylic acid groups (broad SMARTS) is 1. The third kappa shape index (κ3) is 8.42. The summed E-state index contributed by atoms with van der Waals surface area (Å²) in [4.78, 5) is 15.6. The number of aryl methyl sites for hydroxylation is 3. The van der Waals surface area contributed by atoms with E-state index in [1.165, 1.54) is 5.69 Å². The van der Waals surface area contributed by atoms with Gasteiger partial charge in [-0.05, 0) is 67.0 Å². The number of anilines is 1. The molecule has 2 aliphatic heterocycles. The van der Waals surface area contributed by atoms with Gasteiger partial charge in [0.05, 0.1) is 24.4 Å². The number of benzene rings is 4. The summed E-state index contributed by atoms with van der Waals surface area (Å²) in [6, 6.07) is 28.9. The fourth-order valence-electron chi connectivity index (χ4n) is 8.43. The molecule has 58 heavy (non-hydrogen) atoms. The monoisotopic (exact) mass is 802 g/mol. The van der Waals surface area contributed by atoms with Gasteiger partial charge in [-0.25, -0.2) is 13.4 Å². The van der Waals surface area contributed by atoms with E-state index in [1.807, 2.05) is 70.9 Å². The molecule has 4 aromatic carbocycles. The van der Waals surface area contributed by atoms with Gasteiger partial charge >= 0.3 is 5.97 Å². The molecule has 2 aromatic heterocycles. The highest BCUT2D eigenvalue weighted by Crippen LogP contribution is 2.39. The Morgan fingerprint density at radius 1 is 0.879 bits per heavy atom. The number of aromatic carboxylic acids is 1. The average molecular weight is 803 g/mol. The van der Waals surface area contributed by atoms with E-state index in [1.54, 1.807) is 0 Å². The van der Waals surface area contributed by atoms with E-state index in [-0.39, 0.29) is 6.61 Å². The summed E-state index contributed by atoms with van der Waals surface area (Å²) in [5.74, 6) is 0.693. The number of hydrogen-bond donors (Lipinski definition) is 1. The zero-order valence-corrected chi connectivity index (χ0v) is 34.7. The van der Waals surface area contributed by atoms with Crippen molar-refractivity contribution in [2.75, 3.05) is 57.4 Å². The second-order valence-electron chi connectivity index (χ2n) is 15.0. The van der Waals surface area contributed by atoms with Crippen LogP contribution in [-0.4, -0.2) is 86.5 Å². The molecule has 0 saturated carbocycles. The van der Waals surface area contributed by atoms with Crippen LogP contribution in [0.25, 0.3) is 32.8 Å². The van der Waals surface area contributed by atoms with E-state index in [0.29, 0.717) is 44.9 Å². The molecule has 1 fully saturated rings. The Morgan fingerprint density at radius 3 is 2.43 bits per heavy atom. The third-order valence-electron chi connectivity index (χ3n) is 11.4. The van der Waals surface area contributed by atoms with Crippen LogP contribution in [0.2, 0.25) is 0 Å².